The second kappa shape index (κ2) is 5.93. The van der Waals surface area contributed by atoms with Crippen LogP contribution < -0.4 is 10.1 Å². The summed E-state index contributed by atoms with van der Waals surface area (Å²) in [5.41, 5.74) is 3.80. The van der Waals surface area contributed by atoms with Gasteiger partial charge in [0, 0.05) is 4.88 Å². The highest BCUT2D eigenvalue weighted by atomic mass is 127. The number of thiophene rings is 1. The molecule has 1 unspecified atom stereocenters. The van der Waals surface area contributed by atoms with Crippen LogP contribution in [0.15, 0.2) is 24.3 Å². The quantitative estimate of drug-likeness (QED) is 0.720. The van der Waals surface area contributed by atoms with Gasteiger partial charge in [-0.15, -0.1) is 11.3 Å². The Bertz CT molecular complexity index is 623. The van der Waals surface area contributed by atoms with Crippen molar-refractivity contribution in [2.24, 2.45) is 0 Å². The van der Waals surface area contributed by atoms with Gasteiger partial charge in [0.2, 0.25) is 0 Å². The zero-order valence-corrected chi connectivity index (χ0v) is 14.7. The predicted molar refractivity (Wildman–Crippen MR) is 94.1 cm³/mol. The van der Waals surface area contributed by atoms with E-state index in [-0.39, 0.29) is 0 Å². The van der Waals surface area contributed by atoms with Gasteiger partial charge in [-0.2, -0.15) is 0 Å². The highest BCUT2D eigenvalue weighted by molar-refractivity contribution is 14.1. The molecule has 2 nitrogen and oxygen atoms in total. The molecule has 1 aliphatic carbocycles. The van der Waals surface area contributed by atoms with Crippen molar-refractivity contribution >= 4 is 39.6 Å². The molecule has 3 rings (SSSR count). The maximum atomic E-state index is 5.50. The van der Waals surface area contributed by atoms with Crippen molar-refractivity contribution in [1.82, 2.24) is 0 Å². The van der Waals surface area contributed by atoms with E-state index in [9.17, 15) is 0 Å². The zero-order chi connectivity index (χ0) is 14.1. The van der Waals surface area contributed by atoms with Crippen molar-refractivity contribution in [3.05, 3.63) is 43.2 Å². The van der Waals surface area contributed by atoms with Crippen LogP contribution in [0.1, 0.15) is 34.9 Å². The van der Waals surface area contributed by atoms with Gasteiger partial charge in [0.25, 0.3) is 0 Å². The summed E-state index contributed by atoms with van der Waals surface area (Å²) in [6.45, 7) is 2.09. The Morgan fingerprint density at radius 2 is 2.20 bits per heavy atom. The SMILES string of the molecule is COc1cc(C)ccc1NC1CCCc2sc(I)cc21. The second-order valence-corrected chi connectivity index (χ2v) is 8.25. The first kappa shape index (κ1) is 14.2. The van der Waals surface area contributed by atoms with Crippen molar-refractivity contribution in [2.45, 2.75) is 32.2 Å². The lowest BCUT2D eigenvalue weighted by Gasteiger charge is -2.25. The summed E-state index contributed by atoms with van der Waals surface area (Å²) in [7, 11) is 1.74. The molecule has 0 saturated heterocycles. The summed E-state index contributed by atoms with van der Waals surface area (Å²) in [4.78, 5) is 1.55. The number of nitrogens with one attached hydrogen (secondary N) is 1. The van der Waals surface area contributed by atoms with Gasteiger partial charge in [0.1, 0.15) is 5.75 Å². The number of hydrogen-bond donors (Lipinski definition) is 1. The third-order valence-electron chi connectivity index (χ3n) is 3.77. The van der Waals surface area contributed by atoms with Crippen LogP contribution in [0.4, 0.5) is 5.69 Å². The lowest BCUT2D eigenvalue weighted by Crippen LogP contribution is -2.16. The Morgan fingerprint density at radius 1 is 1.35 bits per heavy atom. The normalized spacial score (nSPS) is 17.6. The first-order chi connectivity index (χ1) is 9.67. The van der Waals surface area contributed by atoms with E-state index in [2.05, 4.69) is 59.1 Å². The van der Waals surface area contributed by atoms with E-state index in [0.717, 1.165) is 11.4 Å². The molecule has 0 aliphatic heterocycles. The lowest BCUT2D eigenvalue weighted by atomic mass is 9.94. The minimum atomic E-state index is 0.412. The van der Waals surface area contributed by atoms with E-state index >= 15 is 0 Å². The molecular formula is C16H18INOS. The van der Waals surface area contributed by atoms with Crippen molar-refractivity contribution in [1.29, 1.82) is 0 Å². The van der Waals surface area contributed by atoms with Gasteiger partial charge >= 0.3 is 0 Å². The van der Waals surface area contributed by atoms with Crippen LogP contribution in [0.25, 0.3) is 0 Å². The number of halogens is 1. The van der Waals surface area contributed by atoms with Gasteiger partial charge in [0.05, 0.1) is 21.7 Å². The van der Waals surface area contributed by atoms with Crippen molar-refractivity contribution in [3.63, 3.8) is 0 Å². The number of anilines is 1. The van der Waals surface area contributed by atoms with Crippen LogP contribution in [-0.4, -0.2) is 7.11 Å². The molecule has 0 amide bonds. The topological polar surface area (TPSA) is 21.3 Å². The first-order valence-corrected chi connectivity index (χ1v) is 8.76. The Hall–Kier alpha value is -0.750. The third kappa shape index (κ3) is 2.81. The fourth-order valence-corrected chi connectivity index (χ4v) is 4.90. The van der Waals surface area contributed by atoms with Gasteiger partial charge in [-0.1, -0.05) is 6.07 Å². The summed E-state index contributed by atoms with van der Waals surface area (Å²) in [5, 5.41) is 3.68. The number of rotatable bonds is 3. The van der Waals surface area contributed by atoms with Crippen LogP contribution in [0.3, 0.4) is 0 Å². The van der Waals surface area contributed by atoms with Gasteiger partial charge in [-0.05, 0) is 78.1 Å². The molecule has 106 valence electrons. The largest absolute Gasteiger partial charge is 0.495 e. The molecule has 1 aromatic heterocycles. The van der Waals surface area contributed by atoms with Crippen LogP contribution in [-0.2, 0) is 6.42 Å². The fraction of sp³-hybridized carbons (Fsp3) is 0.375. The number of ether oxygens (including phenoxy) is 1. The summed E-state index contributed by atoms with van der Waals surface area (Å²) < 4.78 is 6.89. The Morgan fingerprint density at radius 3 is 3.00 bits per heavy atom. The maximum absolute atomic E-state index is 5.50. The Labute approximate surface area is 137 Å². The van der Waals surface area contributed by atoms with E-state index in [4.69, 9.17) is 4.74 Å². The summed E-state index contributed by atoms with van der Waals surface area (Å²) >= 11 is 4.36. The van der Waals surface area contributed by atoms with Gasteiger partial charge in [0.15, 0.2) is 0 Å². The monoisotopic (exact) mass is 399 g/mol. The summed E-state index contributed by atoms with van der Waals surface area (Å²) in [6.07, 6.45) is 3.68. The summed E-state index contributed by atoms with van der Waals surface area (Å²) in [5.74, 6) is 0.932. The highest BCUT2D eigenvalue weighted by Gasteiger charge is 2.23. The van der Waals surface area contributed by atoms with E-state index in [0.29, 0.717) is 6.04 Å². The summed E-state index contributed by atoms with van der Waals surface area (Å²) in [6, 6.07) is 9.09. The van der Waals surface area contributed by atoms with Crippen LogP contribution in [0, 0.1) is 9.81 Å². The molecule has 0 spiro atoms. The smallest absolute Gasteiger partial charge is 0.142 e. The van der Waals surface area contributed by atoms with Crippen LogP contribution >= 0.6 is 33.9 Å². The number of methoxy groups -OCH3 is 1. The second-order valence-electron chi connectivity index (χ2n) is 5.22. The predicted octanol–water partition coefficient (Wildman–Crippen LogP) is 5.16. The van der Waals surface area contributed by atoms with Crippen molar-refractivity contribution < 1.29 is 4.74 Å². The zero-order valence-electron chi connectivity index (χ0n) is 11.7. The van der Waals surface area contributed by atoms with E-state index in [1.54, 1.807) is 12.0 Å². The Kier molecular flexibility index (Phi) is 4.21. The molecule has 4 heteroatoms. The molecule has 1 aromatic carbocycles. The molecule has 1 aliphatic rings. The van der Waals surface area contributed by atoms with E-state index < -0.39 is 0 Å². The molecule has 0 bridgehead atoms. The lowest BCUT2D eigenvalue weighted by molar-refractivity contribution is 0.415. The number of hydrogen-bond acceptors (Lipinski definition) is 3. The Balaban J connectivity index is 1.89. The number of fused-ring (bicyclic) bond motifs is 1. The van der Waals surface area contributed by atoms with E-state index in [1.807, 2.05) is 11.3 Å². The molecule has 1 atom stereocenters. The van der Waals surface area contributed by atoms with E-state index in [1.165, 1.54) is 33.3 Å². The minimum Gasteiger partial charge on any atom is -0.495 e. The molecule has 0 radical (unpaired) electrons. The van der Waals surface area contributed by atoms with Gasteiger partial charge in [-0.25, -0.2) is 0 Å². The standard InChI is InChI=1S/C16H18INOS/c1-10-6-7-13(14(8-10)19-2)18-12-4-3-5-15-11(12)9-16(17)20-15/h6-9,12,18H,3-5H2,1-2H3. The van der Waals surface area contributed by atoms with Crippen LogP contribution in [0.2, 0.25) is 0 Å². The minimum absolute atomic E-state index is 0.412. The molecule has 20 heavy (non-hydrogen) atoms. The van der Waals surface area contributed by atoms with Crippen LogP contribution in [0.5, 0.6) is 5.75 Å². The maximum Gasteiger partial charge on any atom is 0.142 e. The molecule has 1 N–H and O–H groups in total. The molecular weight excluding hydrogens is 381 g/mol. The number of benzene rings is 1. The number of aryl methyl sites for hydroxylation is 2. The first-order valence-electron chi connectivity index (χ1n) is 6.86. The van der Waals surface area contributed by atoms with Crippen molar-refractivity contribution in [2.75, 3.05) is 12.4 Å². The molecule has 1 heterocycles. The molecule has 0 saturated carbocycles. The third-order valence-corrected chi connectivity index (χ3v) is 5.74. The average molecular weight is 399 g/mol. The average Bonchev–Trinajstić information content (AvgIpc) is 2.82. The highest BCUT2D eigenvalue weighted by Crippen LogP contribution is 2.39. The molecule has 0 fully saturated rings. The van der Waals surface area contributed by atoms with Gasteiger partial charge < -0.3 is 10.1 Å². The van der Waals surface area contributed by atoms with Crippen molar-refractivity contribution in [3.8, 4) is 5.75 Å². The fourth-order valence-electron chi connectivity index (χ4n) is 2.78. The van der Waals surface area contributed by atoms with Gasteiger partial charge in [-0.3, -0.25) is 0 Å². The molecule has 2 aromatic rings.